The number of rotatable bonds is 6. The standard InChI is InChI=1S/C15H18OS.C2H6/c1-3-5-7-13(6-4-2)12-16-14-8-10-15(17)11-9-14;1-2/h3-4,6-11,17H,1,5,12H2,2H3;1-2H3/b6-4-,13-7+;. The lowest BCUT2D eigenvalue weighted by atomic mass is 10.2. The van der Waals surface area contributed by atoms with Crippen molar-refractivity contribution in [1.82, 2.24) is 0 Å². The summed E-state index contributed by atoms with van der Waals surface area (Å²) in [5.74, 6) is 0.858. The molecule has 0 fully saturated rings. The highest BCUT2D eigenvalue weighted by Crippen LogP contribution is 2.15. The second-order valence-electron chi connectivity index (χ2n) is 3.59. The number of thiol groups is 1. The van der Waals surface area contributed by atoms with Gasteiger partial charge in [0.25, 0.3) is 0 Å². The first kappa shape index (κ1) is 17.6. The van der Waals surface area contributed by atoms with Gasteiger partial charge in [0.1, 0.15) is 12.4 Å². The Kier molecular flexibility index (Phi) is 10.8. The van der Waals surface area contributed by atoms with E-state index >= 15 is 0 Å². The van der Waals surface area contributed by atoms with Crippen LogP contribution in [0.2, 0.25) is 0 Å². The fourth-order valence-corrected chi connectivity index (χ4v) is 1.48. The molecule has 104 valence electrons. The lowest BCUT2D eigenvalue weighted by molar-refractivity contribution is 0.355. The third-order valence-corrected chi connectivity index (χ3v) is 2.47. The lowest BCUT2D eigenvalue weighted by Gasteiger charge is -2.07. The van der Waals surface area contributed by atoms with E-state index in [0.717, 1.165) is 22.6 Å². The zero-order chi connectivity index (χ0) is 14.5. The summed E-state index contributed by atoms with van der Waals surface area (Å²) in [5.41, 5.74) is 1.15. The molecule has 19 heavy (non-hydrogen) atoms. The van der Waals surface area contributed by atoms with Crippen LogP contribution in [0.15, 0.2) is 65.6 Å². The van der Waals surface area contributed by atoms with Crippen LogP contribution in [0.5, 0.6) is 5.75 Å². The van der Waals surface area contributed by atoms with E-state index in [1.807, 2.05) is 57.2 Å². The average molecular weight is 276 g/mol. The molecule has 2 heteroatoms. The minimum absolute atomic E-state index is 0.574. The quantitative estimate of drug-likeness (QED) is 0.412. The first-order valence-corrected chi connectivity index (χ1v) is 7.05. The van der Waals surface area contributed by atoms with Crippen LogP contribution in [0.25, 0.3) is 0 Å². The third kappa shape index (κ3) is 8.33. The normalized spacial score (nSPS) is 10.8. The van der Waals surface area contributed by atoms with Gasteiger partial charge in [-0.1, -0.05) is 38.2 Å². The molecule has 0 spiro atoms. The van der Waals surface area contributed by atoms with Crippen LogP contribution >= 0.6 is 12.6 Å². The van der Waals surface area contributed by atoms with Gasteiger partial charge in [0.2, 0.25) is 0 Å². The fourth-order valence-electron chi connectivity index (χ4n) is 1.33. The summed E-state index contributed by atoms with van der Waals surface area (Å²) in [7, 11) is 0. The minimum atomic E-state index is 0.574. The molecule has 0 atom stereocenters. The molecule has 0 saturated heterocycles. The molecule has 1 rings (SSSR count). The second kappa shape index (κ2) is 11.7. The number of hydrogen-bond acceptors (Lipinski definition) is 2. The van der Waals surface area contributed by atoms with Gasteiger partial charge in [-0.05, 0) is 43.2 Å². The monoisotopic (exact) mass is 276 g/mol. The summed E-state index contributed by atoms with van der Waals surface area (Å²) < 4.78 is 5.68. The second-order valence-corrected chi connectivity index (χ2v) is 4.10. The summed E-state index contributed by atoms with van der Waals surface area (Å²) in [5, 5.41) is 0. The maximum absolute atomic E-state index is 5.68. The first-order valence-electron chi connectivity index (χ1n) is 6.60. The summed E-state index contributed by atoms with van der Waals surface area (Å²) in [4.78, 5) is 0.938. The molecule has 0 radical (unpaired) electrons. The Bertz CT molecular complexity index is 402. The zero-order valence-corrected chi connectivity index (χ0v) is 13.0. The van der Waals surface area contributed by atoms with Gasteiger partial charge in [0, 0.05) is 4.90 Å². The van der Waals surface area contributed by atoms with E-state index in [1.165, 1.54) is 0 Å². The smallest absolute Gasteiger partial charge is 0.119 e. The van der Waals surface area contributed by atoms with Crippen molar-refractivity contribution in [3.8, 4) is 5.75 Å². The van der Waals surface area contributed by atoms with E-state index in [-0.39, 0.29) is 0 Å². The van der Waals surface area contributed by atoms with Crippen molar-refractivity contribution in [2.24, 2.45) is 0 Å². The summed E-state index contributed by atoms with van der Waals surface area (Å²) in [6.45, 7) is 10.3. The number of benzene rings is 1. The van der Waals surface area contributed by atoms with Gasteiger partial charge in [0.15, 0.2) is 0 Å². The summed E-state index contributed by atoms with van der Waals surface area (Å²) in [6, 6.07) is 7.68. The van der Waals surface area contributed by atoms with E-state index in [0.29, 0.717) is 6.61 Å². The maximum Gasteiger partial charge on any atom is 0.119 e. The van der Waals surface area contributed by atoms with Crippen molar-refractivity contribution in [3.05, 3.63) is 60.7 Å². The molecule has 0 bridgehead atoms. The fraction of sp³-hybridized carbons (Fsp3) is 0.294. The molecule has 0 amide bonds. The Morgan fingerprint density at radius 3 is 2.42 bits per heavy atom. The van der Waals surface area contributed by atoms with Crippen LogP contribution in [0, 0.1) is 0 Å². The van der Waals surface area contributed by atoms with E-state index in [1.54, 1.807) is 0 Å². The van der Waals surface area contributed by atoms with Gasteiger partial charge in [-0.3, -0.25) is 0 Å². The third-order valence-electron chi connectivity index (χ3n) is 2.17. The van der Waals surface area contributed by atoms with Gasteiger partial charge in [0.05, 0.1) is 0 Å². The highest BCUT2D eigenvalue weighted by Gasteiger charge is 1.95. The molecular formula is C17H24OS. The molecule has 1 nitrogen and oxygen atoms in total. The predicted molar refractivity (Wildman–Crippen MR) is 88.2 cm³/mol. The maximum atomic E-state index is 5.68. The van der Waals surface area contributed by atoms with Crippen molar-refractivity contribution in [1.29, 1.82) is 0 Å². The molecule has 0 saturated carbocycles. The highest BCUT2D eigenvalue weighted by molar-refractivity contribution is 7.80. The van der Waals surface area contributed by atoms with Gasteiger partial charge >= 0.3 is 0 Å². The molecule has 0 N–H and O–H groups in total. The molecule has 1 aromatic carbocycles. The molecule has 0 aliphatic carbocycles. The van der Waals surface area contributed by atoms with E-state index in [2.05, 4.69) is 31.4 Å². The van der Waals surface area contributed by atoms with E-state index < -0.39 is 0 Å². The van der Waals surface area contributed by atoms with Crippen LogP contribution in [-0.2, 0) is 0 Å². The zero-order valence-electron chi connectivity index (χ0n) is 12.1. The van der Waals surface area contributed by atoms with Crippen molar-refractivity contribution in [2.45, 2.75) is 32.1 Å². The number of hydrogen-bond donors (Lipinski definition) is 1. The van der Waals surface area contributed by atoms with Crippen LogP contribution in [0.1, 0.15) is 27.2 Å². The lowest BCUT2D eigenvalue weighted by Crippen LogP contribution is -1.99. The number of ether oxygens (including phenoxy) is 1. The minimum Gasteiger partial charge on any atom is -0.489 e. The Hall–Kier alpha value is -1.41. The van der Waals surface area contributed by atoms with Crippen LogP contribution in [0.4, 0.5) is 0 Å². The molecule has 0 unspecified atom stereocenters. The Balaban J connectivity index is 0.00000154. The SMILES string of the molecule is C=CC/C=C(\C=C/C)COc1ccc(S)cc1.CC. The van der Waals surface area contributed by atoms with Crippen LogP contribution < -0.4 is 4.74 Å². The van der Waals surface area contributed by atoms with Gasteiger partial charge in [-0.2, -0.15) is 0 Å². The van der Waals surface area contributed by atoms with E-state index in [9.17, 15) is 0 Å². The van der Waals surface area contributed by atoms with Gasteiger partial charge in [-0.25, -0.2) is 0 Å². The topological polar surface area (TPSA) is 9.23 Å². The Morgan fingerprint density at radius 1 is 1.26 bits per heavy atom. The summed E-state index contributed by atoms with van der Waals surface area (Å²) >= 11 is 4.23. The first-order chi connectivity index (χ1) is 9.26. The summed E-state index contributed by atoms with van der Waals surface area (Å²) in [6.07, 6.45) is 8.91. The molecule has 0 heterocycles. The van der Waals surface area contributed by atoms with Crippen LogP contribution in [0.3, 0.4) is 0 Å². The highest BCUT2D eigenvalue weighted by atomic mass is 32.1. The predicted octanol–water partition coefficient (Wildman–Crippen LogP) is 5.46. The van der Waals surface area contributed by atoms with Crippen LogP contribution in [-0.4, -0.2) is 6.61 Å². The van der Waals surface area contributed by atoms with Gasteiger partial charge in [-0.15, -0.1) is 19.2 Å². The molecule has 0 aliphatic rings. The molecular weight excluding hydrogens is 252 g/mol. The van der Waals surface area contributed by atoms with Crippen molar-refractivity contribution in [2.75, 3.05) is 6.61 Å². The molecule has 0 aliphatic heterocycles. The molecule has 1 aromatic rings. The van der Waals surface area contributed by atoms with E-state index in [4.69, 9.17) is 4.74 Å². The average Bonchev–Trinajstić information content (AvgIpc) is 2.46. The van der Waals surface area contributed by atoms with Crippen molar-refractivity contribution in [3.63, 3.8) is 0 Å². The largest absolute Gasteiger partial charge is 0.489 e. The van der Waals surface area contributed by atoms with Crippen molar-refractivity contribution < 1.29 is 4.74 Å². The molecule has 0 aromatic heterocycles. The van der Waals surface area contributed by atoms with Crippen molar-refractivity contribution >= 4 is 12.6 Å². The Labute approximate surface area is 123 Å². The van der Waals surface area contributed by atoms with Gasteiger partial charge < -0.3 is 4.74 Å². The number of allylic oxidation sites excluding steroid dienone is 3. The Morgan fingerprint density at radius 2 is 1.89 bits per heavy atom.